The van der Waals surface area contributed by atoms with E-state index < -0.39 is 0 Å². The Labute approximate surface area is 127 Å². The summed E-state index contributed by atoms with van der Waals surface area (Å²) in [6.07, 6.45) is 6.19. The van der Waals surface area contributed by atoms with E-state index in [0.29, 0.717) is 12.1 Å². The molecule has 0 radical (unpaired) electrons. The number of hydrogen-bond donors (Lipinski definition) is 1. The van der Waals surface area contributed by atoms with Crippen molar-refractivity contribution >= 4 is 11.6 Å². The molecule has 0 aromatic heterocycles. The minimum atomic E-state index is 0.414. The molecule has 3 heteroatoms. The summed E-state index contributed by atoms with van der Waals surface area (Å²) in [5.41, 5.74) is 2.45. The molecule has 112 valence electrons. The van der Waals surface area contributed by atoms with Gasteiger partial charge in [-0.2, -0.15) is 0 Å². The fourth-order valence-corrected chi connectivity index (χ4v) is 3.23. The van der Waals surface area contributed by atoms with Crippen LogP contribution >= 0.6 is 11.6 Å². The van der Waals surface area contributed by atoms with Crippen LogP contribution < -0.4 is 5.32 Å². The molecule has 0 bridgehead atoms. The SMILES string of the molecule is CCNC(Cc1ccc(C)cc1Cl)CC1CCCCO1. The van der Waals surface area contributed by atoms with Crippen LogP contribution in [-0.4, -0.2) is 25.3 Å². The van der Waals surface area contributed by atoms with Gasteiger partial charge in [-0.25, -0.2) is 0 Å². The second kappa shape index (κ2) is 8.02. The van der Waals surface area contributed by atoms with Gasteiger partial charge >= 0.3 is 0 Å². The average molecular weight is 296 g/mol. The molecule has 2 unspecified atom stereocenters. The van der Waals surface area contributed by atoms with Crippen LogP contribution in [0.15, 0.2) is 18.2 Å². The lowest BCUT2D eigenvalue weighted by Gasteiger charge is -2.27. The van der Waals surface area contributed by atoms with E-state index in [-0.39, 0.29) is 0 Å². The minimum absolute atomic E-state index is 0.414. The van der Waals surface area contributed by atoms with Crippen molar-refractivity contribution in [3.63, 3.8) is 0 Å². The Bertz CT molecular complexity index is 415. The van der Waals surface area contributed by atoms with E-state index >= 15 is 0 Å². The van der Waals surface area contributed by atoms with Gasteiger partial charge < -0.3 is 10.1 Å². The number of ether oxygens (including phenoxy) is 1. The first-order chi connectivity index (χ1) is 9.69. The molecule has 1 aliphatic rings. The number of halogens is 1. The summed E-state index contributed by atoms with van der Waals surface area (Å²) >= 11 is 6.36. The minimum Gasteiger partial charge on any atom is -0.378 e. The molecule has 1 aliphatic heterocycles. The summed E-state index contributed by atoms with van der Waals surface area (Å²) in [4.78, 5) is 0. The van der Waals surface area contributed by atoms with Gasteiger partial charge in [0.05, 0.1) is 6.10 Å². The Hall–Kier alpha value is -0.570. The third-order valence-corrected chi connectivity index (χ3v) is 4.34. The van der Waals surface area contributed by atoms with E-state index in [2.05, 4.69) is 37.4 Å². The maximum atomic E-state index is 6.36. The molecule has 2 atom stereocenters. The van der Waals surface area contributed by atoms with Crippen molar-refractivity contribution in [2.75, 3.05) is 13.2 Å². The lowest BCUT2D eigenvalue weighted by atomic mass is 9.96. The molecule has 0 saturated carbocycles. The van der Waals surface area contributed by atoms with Gasteiger partial charge in [0.25, 0.3) is 0 Å². The van der Waals surface area contributed by atoms with Gasteiger partial charge in [0, 0.05) is 17.7 Å². The third-order valence-electron chi connectivity index (χ3n) is 3.99. The van der Waals surface area contributed by atoms with Crippen molar-refractivity contribution < 1.29 is 4.74 Å². The molecule has 0 amide bonds. The third kappa shape index (κ3) is 4.76. The van der Waals surface area contributed by atoms with Crippen LogP contribution in [0.1, 0.15) is 43.7 Å². The molecule has 1 aromatic rings. The van der Waals surface area contributed by atoms with Crippen molar-refractivity contribution in [1.29, 1.82) is 0 Å². The second-order valence-corrected chi connectivity index (χ2v) is 6.19. The Kier molecular flexibility index (Phi) is 6.34. The van der Waals surface area contributed by atoms with Gasteiger partial charge in [0.2, 0.25) is 0 Å². The summed E-state index contributed by atoms with van der Waals surface area (Å²) in [5.74, 6) is 0. The number of rotatable bonds is 6. The molecule has 1 saturated heterocycles. The van der Waals surface area contributed by atoms with Gasteiger partial charge in [-0.05, 0) is 62.8 Å². The van der Waals surface area contributed by atoms with Crippen LogP contribution in [0.5, 0.6) is 0 Å². The quantitative estimate of drug-likeness (QED) is 0.852. The molecule has 2 rings (SSSR count). The van der Waals surface area contributed by atoms with Crippen LogP contribution in [0, 0.1) is 6.92 Å². The number of aryl methyl sites for hydroxylation is 1. The molecule has 0 aliphatic carbocycles. The summed E-state index contributed by atoms with van der Waals surface area (Å²) < 4.78 is 5.87. The molecule has 1 fully saturated rings. The Morgan fingerprint density at radius 2 is 2.25 bits per heavy atom. The molecule has 1 N–H and O–H groups in total. The normalized spacial score (nSPS) is 20.9. The zero-order valence-electron chi connectivity index (χ0n) is 12.6. The highest BCUT2D eigenvalue weighted by Gasteiger charge is 2.20. The van der Waals surface area contributed by atoms with Crippen molar-refractivity contribution in [3.05, 3.63) is 34.3 Å². The average Bonchev–Trinajstić information content (AvgIpc) is 2.43. The predicted molar refractivity (Wildman–Crippen MR) is 85.6 cm³/mol. The van der Waals surface area contributed by atoms with Gasteiger partial charge in [0.1, 0.15) is 0 Å². The predicted octanol–water partition coefficient (Wildman–Crippen LogP) is 4.13. The van der Waals surface area contributed by atoms with Crippen LogP contribution in [0.25, 0.3) is 0 Å². The van der Waals surface area contributed by atoms with Crippen molar-refractivity contribution in [1.82, 2.24) is 5.32 Å². The smallest absolute Gasteiger partial charge is 0.0590 e. The zero-order chi connectivity index (χ0) is 14.4. The molecule has 1 aromatic carbocycles. The van der Waals surface area contributed by atoms with Gasteiger partial charge in [0.15, 0.2) is 0 Å². The van der Waals surface area contributed by atoms with Gasteiger partial charge in [-0.1, -0.05) is 30.7 Å². The summed E-state index contributed by atoms with van der Waals surface area (Å²) in [7, 11) is 0. The molecular weight excluding hydrogens is 270 g/mol. The van der Waals surface area contributed by atoms with E-state index in [0.717, 1.165) is 31.0 Å². The van der Waals surface area contributed by atoms with Crippen molar-refractivity contribution in [2.45, 2.75) is 58.1 Å². The maximum absolute atomic E-state index is 6.36. The lowest BCUT2D eigenvalue weighted by Crippen LogP contribution is -2.36. The largest absolute Gasteiger partial charge is 0.378 e. The number of likely N-dealkylation sites (N-methyl/N-ethyl adjacent to an activating group) is 1. The molecular formula is C17H26ClNO. The molecule has 0 spiro atoms. The van der Waals surface area contributed by atoms with Crippen molar-refractivity contribution in [2.24, 2.45) is 0 Å². The highest BCUT2D eigenvalue weighted by atomic mass is 35.5. The Morgan fingerprint density at radius 3 is 2.90 bits per heavy atom. The second-order valence-electron chi connectivity index (χ2n) is 5.78. The van der Waals surface area contributed by atoms with Crippen molar-refractivity contribution in [3.8, 4) is 0 Å². The van der Waals surface area contributed by atoms with Crippen LogP contribution in [0.4, 0.5) is 0 Å². The highest BCUT2D eigenvalue weighted by Crippen LogP contribution is 2.22. The van der Waals surface area contributed by atoms with E-state index in [1.807, 2.05) is 0 Å². The van der Waals surface area contributed by atoms with Gasteiger partial charge in [-0.3, -0.25) is 0 Å². The Morgan fingerprint density at radius 1 is 1.40 bits per heavy atom. The first-order valence-corrected chi connectivity index (χ1v) is 8.17. The molecule has 2 nitrogen and oxygen atoms in total. The van der Waals surface area contributed by atoms with E-state index in [4.69, 9.17) is 16.3 Å². The van der Waals surface area contributed by atoms with Gasteiger partial charge in [-0.15, -0.1) is 0 Å². The van der Waals surface area contributed by atoms with Crippen LogP contribution in [-0.2, 0) is 11.2 Å². The molecule has 1 heterocycles. The van der Waals surface area contributed by atoms with Crippen LogP contribution in [0.3, 0.4) is 0 Å². The first-order valence-electron chi connectivity index (χ1n) is 7.79. The topological polar surface area (TPSA) is 21.3 Å². The lowest BCUT2D eigenvalue weighted by molar-refractivity contribution is 0.00535. The number of nitrogens with one attached hydrogen (secondary N) is 1. The summed E-state index contributed by atoms with van der Waals surface area (Å²) in [6.45, 7) is 6.15. The number of hydrogen-bond acceptors (Lipinski definition) is 2. The first kappa shape index (κ1) is 15.8. The maximum Gasteiger partial charge on any atom is 0.0590 e. The zero-order valence-corrected chi connectivity index (χ0v) is 13.4. The Balaban J connectivity index is 1.96. The monoisotopic (exact) mass is 295 g/mol. The van der Waals surface area contributed by atoms with Crippen LogP contribution in [0.2, 0.25) is 5.02 Å². The van der Waals surface area contributed by atoms with E-state index in [1.165, 1.54) is 30.4 Å². The number of benzene rings is 1. The molecule has 20 heavy (non-hydrogen) atoms. The highest BCUT2D eigenvalue weighted by molar-refractivity contribution is 6.31. The summed E-state index contributed by atoms with van der Waals surface area (Å²) in [6, 6.07) is 6.80. The van der Waals surface area contributed by atoms with E-state index in [9.17, 15) is 0 Å². The standard InChI is InChI=1S/C17H26ClNO/c1-3-19-15(12-16-6-4-5-9-20-16)11-14-8-7-13(2)10-17(14)18/h7-8,10,15-16,19H,3-6,9,11-12H2,1-2H3. The fraction of sp³-hybridized carbons (Fsp3) is 0.647. The van der Waals surface area contributed by atoms with E-state index in [1.54, 1.807) is 0 Å². The fourth-order valence-electron chi connectivity index (χ4n) is 2.92. The summed E-state index contributed by atoms with van der Waals surface area (Å²) in [5, 5.41) is 4.47.